The van der Waals surface area contributed by atoms with Crippen LogP contribution in [0, 0.1) is 11.8 Å². The van der Waals surface area contributed by atoms with Gasteiger partial charge in [-0.15, -0.1) is 0 Å². The van der Waals surface area contributed by atoms with Gasteiger partial charge in [0.15, 0.2) is 0 Å². The van der Waals surface area contributed by atoms with E-state index in [2.05, 4.69) is 10.2 Å². The molecule has 0 aromatic rings. The Labute approximate surface area is 77.9 Å². The van der Waals surface area contributed by atoms with Gasteiger partial charge >= 0.3 is 6.09 Å². The summed E-state index contributed by atoms with van der Waals surface area (Å²) in [5.41, 5.74) is 0. The average Bonchev–Trinajstić information content (AvgIpc) is 2.57. The van der Waals surface area contributed by atoms with Crippen LogP contribution >= 0.6 is 0 Å². The Hall–Kier alpha value is -0.770. The van der Waals surface area contributed by atoms with Crippen LogP contribution in [-0.4, -0.2) is 41.8 Å². The molecule has 0 bridgehead atoms. The van der Waals surface area contributed by atoms with Gasteiger partial charge in [-0.2, -0.15) is 0 Å². The van der Waals surface area contributed by atoms with Gasteiger partial charge in [0.2, 0.25) is 0 Å². The molecule has 1 amide bonds. The number of carboxylic acid groups (broad SMARTS) is 1. The van der Waals surface area contributed by atoms with Crippen LogP contribution in [0.4, 0.5) is 4.79 Å². The Kier molecular flexibility index (Phi) is 2.15. The lowest BCUT2D eigenvalue weighted by atomic mass is 10.3. The van der Waals surface area contributed by atoms with Gasteiger partial charge in [0.05, 0.1) is 0 Å². The molecule has 1 heterocycles. The first-order chi connectivity index (χ1) is 6.15. The molecule has 1 aliphatic heterocycles. The summed E-state index contributed by atoms with van der Waals surface area (Å²) < 4.78 is 0. The van der Waals surface area contributed by atoms with Crippen LogP contribution in [0.5, 0.6) is 0 Å². The molecular weight excluding hydrogens is 168 g/mol. The molecule has 2 N–H and O–H groups in total. The van der Waals surface area contributed by atoms with E-state index in [0.29, 0.717) is 0 Å². The standard InChI is InChI=1S/C9H16N2O2/c1-6(10-9(12)13)3-11-4-7-2-8(7)5-11/h6-8,10H,2-5H2,1H3,(H,12,13)/t6-,7?,8?/m1/s1. The molecule has 4 nitrogen and oxygen atoms in total. The summed E-state index contributed by atoms with van der Waals surface area (Å²) in [6.45, 7) is 5.13. The molecule has 3 atom stereocenters. The van der Waals surface area contributed by atoms with E-state index >= 15 is 0 Å². The van der Waals surface area contributed by atoms with Crippen molar-refractivity contribution in [2.45, 2.75) is 19.4 Å². The van der Waals surface area contributed by atoms with Crippen LogP contribution in [0.25, 0.3) is 0 Å². The maximum absolute atomic E-state index is 10.3. The third-order valence-corrected chi connectivity index (χ3v) is 2.96. The van der Waals surface area contributed by atoms with Crippen molar-refractivity contribution in [3.05, 3.63) is 0 Å². The zero-order valence-corrected chi connectivity index (χ0v) is 7.86. The second kappa shape index (κ2) is 3.18. The van der Waals surface area contributed by atoms with E-state index < -0.39 is 6.09 Å². The molecule has 1 aliphatic carbocycles. The molecule has 2 unspecified atom stereocenters. The minimum absolute atomic E-state index is 0.0509. The van der Waals surface area contributed by atoms with Crippen LogP contribution in [0.15, 0.2) is 0 Å². The topological polar surface area (TPSA) is 52.6 Å². The van der Waals surface area contributed by atoms with Gasteiger partial charge in [-0.3, -0.25) is 0 Å². The van der Waals surface area contributed by atoms with Crippen LogP contribution < -0.4 is 5.32 Å². The number of piperidine rings is 1. The SMILES string of the molecule is C[C@H](CN1CC2CC2C1)NC(=O)O. The molecule has 1 saturated heterocycles. The minimum atomic E-state index is -0.920. The molecule has 2 aliphatic rings. The minimum Gasteiger partial charge on any atom is -0.465 e. The molecule has 0 radical (unpaired) electrons. The molecule has 0 spiro atoms. The highest BCUT2D eigenvalue weighted by Gasteiger charge is 2.44. The Morgan fingerprint density at radius 2 is 2.23 bits per heavy atom. The highest BCUT2D eigenvalue weighted by Crippen LogP contribution is 2.44. The Bertz CT molecular complexity index is 210. The molecule has 2 fully saturated rings. The fourth-order valence-electron chi connectivity index (χ4n) is 2.29. The quantitative estimate of drug-likeness (QED) is 0.675. The molecular formula is C9H16N2O2. The van der Waals surface area contributed by atoms with Crippen LogP contribution in [0.1, 0.15) is 13.3 Å². The monoisotopic (exact) mass is 184 g/mol. The summed E-state index contributed by atoms with van der Waals surface area (Å²) in [6.07, 6.45) is 0.480. The number of amides is 1. The van der Waals surface area contributed by atoms with Gasteiger partial charge < -0.3 is 15.3 Å². The summed E-state index contributed by atoms with van der Waals surface area (Å²) in [7, 11) is 0. The number of rotatable bonds is 3. The summed E-state index contributed by atoms with van der Waals surface area (Å²) >= 11 is 0. The van der Waals surface area contributed by atoms with Crippen molar-refractivity contribution < 1.29 is 9.90 Å². The number of nitrogens with zero attached hydrogens (tertiary/aromatic N) is 1. The second-order valence-corrected chi connectivity index (χ2v) is 4.32. The number of nitrogens with one attached hydrogen (secondary N) is 1. The first-order valence-electron chi connectivity index (χ1n) is 4.87. The van der Waals surface area contributed by atoms with Crippen molar-refractivity contribution in [3.63, 3.8) is 0 Å². The lowest BCUT2D eigenvalue weighted by Crippen LogP contribution is -2.41. The maximum Gasteiger partial charge on any atom is 0.404 e. The average molecular weight is 184 g/mol. The third-order valence-electron chi connectivity index (χ3n) is 2.96. The fraction of sp³-hybridized carbons (Fsp3) is 0.889. The Balaban J connectivity index is 1.69. The zero-order chi connectivity index (χ0) is 9.42. The molecule has 0 aromatic carbocycles. The van der Waals surface area contributed by atoms with Crippen molar-refractivity contribution in [1.29, 1.82) is 0 Å². The van der Waals surface area contributed by atoms with E-state index in [0.717, 1.165) is 18.4 Å². The molecule has 74 valence electrons. The van der Waals surface area contributed by atoms with Crippen molar-refractivity contribution >= 4 is 6.09 Å². The first kappa shape index (κ1) is 8.81. The van der Waals surface area contributed by atoms with E-state index in [9.17, 15) is 4.79 Å². The van der Waals surface area contributed by atoms with Crippen molar-refractivity contribution in [2.24, 2.45) is 11.8 Å². The first-order valence-corrected chi connectivity index (χ1v) is 4.87. The molecule has 1 saturated carbocycles. The second-order valence-electron chi connectivity index (χ2n) is 4.32. The molecule has 4 heteroatoms. The van der Waals surface area contributed by atoms with Crippen molar-refractivity contribution in [1.82, 2.24) is 10.2 Å². The number of carbonyl (C=O) groups is 1. The van der Waals surface area contributed by atoms with Gasteiger partial charge in [-0.1, -0.05) is 0 Å². The lowest BCUT2D eigenvalue weighted by Gasteiger charge is -2.21. The summed E-state index contributed by atoms with van der Waals surface area (Å²) in [4.78, 5) is 12.7. The van der Waals surface area contributed by atoms with E-state index in [4.69, 9.17) is 5.11 Å². The van der Waals surface area contributed by atoms with E-state index in [1.54, 1.807) is 0 Å². The summed E-state index contributed by atoms with van der Waals surface area (Å²) in [5, 5.41) is 11.0. The summed E-state index contributed by atoms with van der Waals surface area (Å²) in [6, 6.07) is 0.0509. The van der Waals surface area contributed by atoms with Gasteiger partial charge in [0, 0.05) is 25.7 Å². The Morgan fingerprint density at radius 3 is 2.77 bits per heavy atom. The zero-order valence-electron chi connectivity index (χ0n) is 7.86. The normalized spacial score (nSPS) is 33.9. The summed E-state index contributed by atoms with van der Waals surface area (Å²) in [5.74, 6) is 1.86. The van der Waals surface area contributed by atoms with Gasteiger partial charge in [-0.25, -0.2) is 4.79 Å². The maximum atomic E-state index is 10.3. The largest absolute Gasteiger partial charge is 0.465 e. The van der Waals surface area contributed by atoms with Gasteiger partial charge in [0.25, 0.3) is 0 Å². The third kappa shape index (κ3) is 2.12. The molecule has 2 rings (SSSR count). The Morgan fingerprint density at radius 1 is 1.62 bits per heavy atom. The smallest absolute Gasteiger partial charge is 0.404 e. The van der Waals surface area contributed by atoms with Crippen LogP contribution in [0.2, 0.25) is 0 Å². The van der Waals surface area contributed by atoms with Gasteiger partial charge in [-0.05, 0) is 25.2 Å². The highest BCUT2D eigenvalue weighted by molar-refractivity contribution is 5.64. The van der Waals surface area contributed by atoms with Gasteiger partial charge in [0.1, 0.15) is 0 Å². The molecule has 13 heavy (non-hydrogen) atoms. The number of likely N-dealkylation sites (tertiary alicyclic amines) is 1. The fourth-order valence-corrected chi connectivity index (χ4v) is 2.29. The molecule has 0 aromatic heterocycles. The number of fused-ring (bicyclic) bond motifs is 1. The van der Waals surface area contributed by atoms with E-state index in [1.165, 1.54) is 19.5 Å². The predicted molar refractivity (Wildman–Crippen MR) is 48.7 cm³/mol. The van der Waals surface area contributed by atoms with E-state index in [1.807, 2.05) is 6.92 Å². The number of hydrogen-bond donors (Lipinski definition) is 2. The lowest BCUT2D eigenvalue weighted by molar-refractivity contribution is 0.185. The van der Waals surface area contributed by atoms with Crippen molar-refractivity contribution in [2.75, 3.05) is 19.6 Å². The van der Waals surface area contributed by atoms with Crippen molar-refractivity contribution in [3.8, 4) is 0 Å². The number of hydrogen-bond acceptors (Lipinski definition) is 2. The van der Waals surface area contributed by atoms with Crippen LogP contribution in [0.3, 0.4) is 0 Å². The highest BCUT2D eigenvalue weighted by atomic mass is 16.4. The van der Waals surface area contributed by atoms with E-state index in [-0.39, 0.29) is 6.04 Å². The predicted octanol–water partition coefficient (Wildman–Crippen LogP) is 0.594. The van der Waals surface area contributed by atoms with Crippen LogP contribution in [-0.2, 0) is 0 Å².